The monoisotopic (exact) mass is 249 g/mol. The number of ether oxygens (including phenoxy) is 1. The number of hydrogen-bond donors (Lipinski definition) is 0. The van der Waals surface area contributed by atoms with Gasteiger partial charge in [0.1, 0.15) is 5.56 Å². The van der Waals surface area contributed by atoms with Crippen molar-refractivity contribution in [2.24, 2.45) is 0 Å². The number of rotatable bonds is 3. The highest BCUT2D eigenvalue weighted by molar-refractivity contribution is 5.89. The van der Waals surface area contributed by atoms with E-state index >= 15 is 0 Å². The van der Waals surface area contributed by atoms with E-state index in [0.717, 1.165) is 43.5 Å². The van der Waals surface area contributed by atoms with Crippen molar-refractivity contribution in [2.75, 3.05) is 6.61 Å². The summed E-state index contributed by atoms with van der Waals surface area (Å²) in [5, 5.41) is 0. The molecule has 0 bridgehead atoms. The normalized spacial score (nSPS) is 14.1. The third kappa shape index (κ3) is 2.19. The van der Waals surface area contributed by atoms with Gasteiger partial charge >= 0.3 is 5.97 Å². The standard InChI is InChI=1S/C14H19NO3/c1-3-15-9-11(14(17)18-4-2)13(16)10-7-5-6-8-12(10)15/h9H,3-8H2,1-2H3. The van der Waals surface area contributed by atoms with Gasteiger partial charge in [-0.05, 0) is 39.5 Å². The lowest BCUT2D eigenvalue weighted by Gasteiger charge is -2.21. The lowest BCUT2D eigenvalue weighted by Crippen LogP contribution is -2.28. The molecule has 1 aliphatic carbocycles. The summed E-state index contributed by atoms with van der Waals surface area (Å²) in [7, 11) is 0. The van der Waals surface area contributed by atoms with Crippen LogP contribution in [0.1, 0.15) is 48.3 Å². The average Bonchev–Trinajstić information content (AvgIpc) is 2.40. The van der Waals surface area contributed by atoms with Gasteiger partial charge in [-0.3, -0.25) is 4.79 Å². The van der Waals surface area contributed by atoms with Crippen LogP contribution in [0, 0.1) is 0 Å². The van der Waals surface area contributed by atoms with Crippen LogP contribution in [0.4, 0.5) is 0 Å². The van der Waals surface area contributed by atoms with Gasteiger partial charge < -0.3 is 9.30 Å². The Balaban J connectivity index is 2.55. The highest BCUT2D eigenvalue weighted by atomic mass is 16.5. The van der Waals surface area contributed by atoms with Gasteiger partial charge in [0.15, 0.2) is 5.43 Å². The quantitative estimate of drug-likeness (QED) is 0.769. The molecule has 0 aliphatic heterocycles. The Morgan fingerprint density at radius 1 is 1.33 bits per heavy atom. The number of aromatic nitrogens is 1. The van der Waals surface area contributed by atoms with E-state index in [1.807, 2.05) is 11.5 Å². The molecule has 0 saturated carbocycles. The summed E-state index contributed by atoms with van der Waals surface area (Å²) in [6, 6.07) is 0. The molecule has 98 valence electrons. The fraction of sp³-hybridized carbons (Fsp3) is 0.571. The van der Waals surface area contributed by atoms with Gasteiger partial charge in [0.05, 0.1) is 6.61 Å². The van der Waals surface area contributed by atoms with Crippen molar-refractivity contribution in [1.82, 2.24) is 4.57 Å². The Bertz CT molecular complexity index is 517. The van der Waals surface area contributed by atoms with Gasteiger partial charge in [0, 0.05) is 24.0 Å². The van der Waals surface area contributed by atoms with Crippen LogP contribution in [0.15, 0.2) is 11.0 Å². The molecule has 1 heterocycles. The summed E-state index contributed by atoms with van der Waals surface area (Å²) in [4.78, 5) is 24.1. The van der Waals surface area contributed by atoms with Crippen LogP contribution in [0.3, 0.4) is 0 Å². The molecule has 0 atom stereocenters. The van der Waals surface area contributed by atoms with Gasteiger partial charge in [-0.25, -0.2) is 4.79 Å². The Labute approximate surface area is 107 Å². The Morgan fingerprint density at radius 3 is 2.72 bits per heavy atom. The van der Waals surface area contributed by atoms with Crippen LogP contribution >= 0.6 is 0 Å². The lowest BCUT2D eigenvalue weighted by atomic mass is 9.94. The zero-order valence-corrected chi connectivity index (χ0v) is 11.0. The zero-order valence-electron chi connectivity index (χ0n) is 11.0. The molecule has 0 amide bonds. The first-order valence-electron chi connectivity index (χ1n) is 6.61. The number of pyridine rings is 1. The van der Waals surface area contributed by atoms with E-state index in [9.17, 15) is 9.59 Å². The lowest BCUT2D eigenvalue weighted by molar-refractivity contribution is 0.0523. The topological polar surface area (TPSA) is 48.3 Å². The molecule has 0 spiro atoms. The molecule has 0 N–H and O–H groups in total. The summed E-state index contributed by atoms with van der Waals surface area (Å²) in [5.41, 5.74) is 1.96. The molecule has 0 saturated heterocycles. The van der Waals surface area contributed by atoms with Crippen LogP contribution in [0.25, 0.3) is 0 Å². The Hall–Kier alpha value is -1.58. The second kappa shape index (κ2) is 5.38. The largest absolute Gasteiger partial charge is 0.462 e. The second-order valence-corrected chi connectivity index (χ2v) is 4.51. The second-order valence-electron chi connectivity index (χ2n) is 4.51. The molecule has 1 aromatic heterocycles. The molecule has 4 heteroatoms. The molecule has 2 rings (SSSR count). The van der Waals surface area contributed by atoms with Gasteiger partial charge in [-0.2, -0.15) is 0 Å². The fourth-order valence-electron chi connectivity index (χ4n) is 2.54. The molecular formula is C14H19NO3. The van der Waals surface area contributed by atoms with Crippen molar-refractivity contribution in [3.8, 4) is 0 Å². The Morgan fingerprint density at radius 2 is 2.06 bits per heavy atom. The van der Waals surface area contributed by atoms with Crippen LogP contribution in [0.2, 0.25) is 0 Å². The summed E-state index contributed by atoms with van der Waals surface area (Å²) in [6.07, 6.45) is 5.51. The van der Waals surface area contributed by atoms with E-state index in [0.29, 0.717) is 6.61 Å². The number of nitrogens with zero attached hydrogens (tertiary/aromatic N) is 1. The maximum absolute atomic E-state index is 12.3. The van der Waals surface area contributed by atoms with E-state index in [-0.39, 0.29) is 11.0 Å². The SMILES string of the molecule is CCOC(=O)c1cn(CC)c2c(c1=O)CCCC2. The first-order chi connectivity index (χ1) is 8.69. The predicted molar refractivity (Wildman–Crippen MR) is 69.0 cm³/mol. The van der Waals surface area contributed by atoms with Crippen LogP contribution in [-0.4, -0.2) is 17.1 Å². The van der Waals surface area contributed by atoms with Crippen molar-refractivity contribution in [3.05, 3.63) is 33.2 Å². The van der Waals surface area contributed by atoms with Crippen LogP contribution < -0.4 is 5.43 Å². The van der Waals surface area contributed by atoms with Crippen molar-refractivity contribution in [3.63, 3.8) is 0 Å². The number of fused-ring (bicyclic) bond motifs is 1. The fourth-order valence-corrected chi connectivity index (χ4v) is 2.54. The van der Waals surface area contributed by atoms with Crippen molar-refractivity contribution in [2.45, 2.75) is 46.1 Å². The van der Waals surface area contributed by atoms with Crippen LogP contribution in [0.5, 0.6) is 0 Å². The number of carbonyl (C=O) groups is 1. The van der Waals surface area contributed by atoms with Gasteiger partial charge in [-0.1, -0.05) is 0 Å². The van der Waals surface area contributed by atoms with Crippen molar-refractivity contribution < 1.29 is 9.53 Å². The van der Waals surface area contributed by atoms with Crippen molar-refractivity contribution >= 4 is 5.97 Å². The van der Waals surface area contributed by atoms with Gasteiger partial charge in [0.2, 0.25) is 0 Å². The third-order valence-corrected chi connectivity index (χ3v) is 3.43. The third-order valence-electron chi connectivity index (χ3n) is 3.43. The molecule has 1 aliphatic rings. The molecule has 0 fully saturated rings. The maximum atomic E-state index is 12.3. The number of aryl methyl sites for hydroxylation is 1. The van der Waals surface area contributed by atoms with Gasteiger partial charge in [0.25, 0.3) is 0 Å². The Kier molecular flexibility index (Phi) is 3.84. The molecule has 0 aromatic carbocycles. The molecule has 0 radical (unpaired) electrons. The average molecular weight is 249 g/mol. The number of carbonyl (C=O) groups excluding carboxylic acids is 1. The smallest absolute Gasteiger partial charge is 0.343 e. The number of esters is 1. The van der Waals surface area contributed by atoms with E-state index in [1.165, 1.54) is 0 Å². The van der Waals surface area contributed by atoms with E-state index < -0.39 is 5.97 Å². The minimum Gasteiger partial charge on any atom is -0.462 e. The molecule has 0 unspecified atom stereocenters. The molecule has 18 heavy (non-hydrogen) atoms. The van der Waals surface area contributed by atoms with E-state index in [4.69, 9.17) is 4.74 Å². The minimum atomic E-state index is -0.502. The number of hydrogen-bond acceptors (Lipinski definition) is 3. The highest BCUT2D eigenvalue weighted by Crippen LogP contribution is 2.19. The predicted octanol–water partition coefficient (Wildman–Crippen LogP) is 1.92. The van der Waals surface area contributed by atoms with Gasteiger partial charge in [-0.15, -0.1) is 0 Å². The van der Waals surface area contributed by atoms with E-state index in [2.05, 4.69) is 0 Å². The maximum Gasteiger partial charge on any atom is 0.343 e. The summed E-state index contributed by atoms with van der Waals surface area (Å²) < 4.78 is 6.96. The highest BCUT2D eigenvalue weighted by Gasteiger charge is 2.21. The molecule has 4 nitrogen and oxygen atoms in total. The zero-order chi connectivity index (χ0) is 13.1. The van der Waals surface area contributed by atoms with E-state index in [1.54, 1.807) is 13.1 Å². The first-order valence-corrected chi connectivity index (χ1v) is 6.61. The first kappa shape index (κ1) is 12.9. The van der Waals surface area contributed by atoms with Crippen molar-refractivity contribution in [1.29, 1.82) is 0 Å². The molecule has 1 aromatic rings. The summed E-state index contributed by atoms with van der Waals surface area (Å²) in [5.74, 6) is -0.502. The minimum absolute atomic E-state index is 0.132. The van der Waals surface area contributed by atoms with Crippen LogP contribution in [-0.2, 0) is 24.1 Å². The summed E-state index contributed by atoms with van der Waals surface area (Å²) in [6.45, 7) is 4.83. The summed E-state index contributed by atoms with van der Waals surface area (Å²) >= 11 is 0. The molecular weight excluding hydrogens is 230 g/mol.